The molecular weight excluding hydrogens is 398 g/mol. The number of anilines is 1. The summed E-state index contributed by atoms with van der Waals surface area (Å²) >= 11 is 4.91. The van der Waals surface area contributed by atoms with Gasteiger partial charge in [-0.25, -0.2) is 0 Å². The Morgan fingerprint density at radius 1 is 1.00 bits per heavy atom. The Hall–Kier alpha value is -3.86. The molecule has 3 amide bonds. The highest BCUT2D eigenvalue weighted by molar-refractivity contribution is 7.80. The van der Waals surface area contributed by atoms with Crippen molar-refractivity contribution >= 4 is 46.4 Å². The predicted molar refractivity (Wildman–Crippen MR) is 109 cm³/mol. The maximum Gasteiger partial charge on any atom is 0.282 e. The van der Waals surface area contributed by atoms with Gasteiger partial charge in [0.15, 0.2) is 5.11 Å². The van der Waals surface area contributed by atoms with Crippen molar-refractivity contribution in [2.24, 2.45) is 0 Å². The summed E-state index contributed by atoms with van der Waals surface area (Å²) in [7, 11) is 0. The van der Waals surface area contributed by atoms with Gasteiger partial charge in [0.05, 0.1) is 4.92 Å². The first kappa shape index (κ1) is 21.4. The van der Waals surface area contributed by atoms with Crippen LogP contribution >= 0.6 is 12.2 Å². The number of nitro groups is 1. The van der Waals surface area contributed by atoms with E-state index in [1.807, 2.05) is 0 Å². The molecule has 11 heteroatoms. The Balaban J connectivity index is 1.90. The van der Waals surface area contributed by atoms with Gasteiger partial charge in [-0.1, -0.05) is 19.1 Å². The van der Waals surface area contributed by atoms with Crippen LogP contribution in [0.4, 0.5) is 11.4 Å². The Kier molecular flexibility index (Phi) is 7.32. The molecule has 0 saturated carbocycles. The maximum atomic E-state index is 12.2. The Bertz CT molecular complexity index is 961. The van der Waals surface area contributed by atoms with Gasteiger partial charge in [-0.2, -0.15) is 0 Å². The lowest BCUT2D eigenvalue weighted by Gasteiger charge is -2.11. The molecule has 0 radical (unpaired) electrons. The summed E-state index contributed by atoms with van der Waals surface area (Å²) in [5.41, 5.74) is 4.93. The summed E-state index contributed by atoms with van der Waals surface area (Å²) in [6, 6.07) is 11.5. The van der Waals surface area contributed by atoms with Crippen LogP contribution in [0.5, 0.6) is 0 Å². The van der Waals surface area contributed by atoms with Crippen molar-refractivity contribution in [2.75, 3.05) is 5.32 Å². The molecule has 0 heterocycles. The molecule has 0 atom stereocenters. The van der Waals surface area contributed by atoms with Crippen LogP contribution in [0, 0.1) is 10.1 Å². The molecule has 2 aromatic rings. The molecule has 4 N–H and O–H groups in total. The minimum Gasteiger partial charge on any atom is -0.326 e. The highest BCUT2D eigenvalue weighted by Gasteiger charge is 2.20. The van der Waals surface area contributed by atoms with Gasteiger partial charge in [-0.05, 0) is 42.5 Å². The zero-order valence-electron chi connectivity index (χ0n) is 15.2. The van der Waals surface area contributed by atoms with E-state index in [0.29, 0.717) is 12.1 Å². The molecular formula is C18H17N5O5S. The number of carbonyl (C=O) groups excluding carboxylic acids is 3. The summed E-state index contributed by atoms with van der Waals surface area (Å²) in [6.45, 7) is 1.72. The molecule has 10 nitrogen and oxygen atoms in total. The SMILES string of the molecule is CCC(=O)Nc1ccc(C(=O)NNC(=S)NC(=O)c2ccccc2[N+](=O)[O-])cc1. The fraction of sp³-hybridized carbons (Fsp3) is 0.111. The van der Waals surface area contributed by atoms with Crippen molar-refractivity contribution < 1.29 is 19.3 Å². The largest absolute Gasteiger partial charge is 0.326 e. The number of rotatable bonds is 5. The van der Waals surface area contributed by atoms with E-state index >= 15 is 0 Å². The Morgan fingerprint density at radius 3 is 2.28 bits per heavy atom. The third kappa shape index (κ3) is 6.07. The lowest BCUT2D eigenvalue weighted by molar-refractivity contribution is -0.385. The van der Waals surface area contributed by atoms with Gasteiger partial charge in [0.25, 0.3) is 17.5 Å². The van der Waals surface area contributed by atoms with Crippen molar-refractivity contribution in [1.29, 1.82) is 0 Å². The molecule has 0 aliphatic heterocycles. The quantitative estimate of drug-likeness (QED) is 0.332. The smallest absolute Gasteiger partial charge is 0.282 e. The maximum absolute atomic E-state index is 12.2. The number of carbonyl (C=O) groups is 3. The standard InChI is InChI=1S/C18H17N5O5S/c1-2-15(24)19-12-9-7-11(8-10-12)16(25)21-22-18(29)20-17(26)13-5-3-4-6-14(13)23(27)28/h3-10H,2H2,1H3,(H,19,24)(H,21,25)(H2,20,22,26,29). The highest BCUT2D eigenvalue weighted by Crippen LogP contribution is 2.17. The average molecular weight is 415 g/mol. The van der Waals surface area contributed by atoms with Crippen molar-refractivity contribution in [3.63, 3.8) is 0 Å². The van der Waals surface area contributed by atoms with Crippen molar-refractivity contribution in [2.45, 2.75) is 13.3 Å². The van der Waals surface area contributed by atoms with Gasteiger partial charge in [-0.15, -0.1) is 0 Å². The van der Waals surface area contributed by atoms with Gasteiger partial charge in [-0.3, -0.25) is 40.7 Å². The number of hydrogen-bond acceptors (Lipinski definition) is 6. The van der Waals surface area contributed by atoms with Gasteiger partial charge < -0.3 is 5.32 Å². The first-order chi connectivity index (χ1) is 13.8. The number of thiocarbonyl (C=S) groups is 1. The van der Waals surface area contributed by atoms with Crippen LogP contribution in [0.2, 0.25) is 0 Å². The summed E-state index contributed by atoms with van der Waals surface area (Å²) in [5, 5.41) is 15.6. The third-order valence-electron chi connectivity index (χ3n) is 3.61. The lowest BCUT2D eigenvalue weighted by atomic mass is 10.1. The molecule has 0 aromatic heterocycles. The fourth-order valence-corrected chi connectivity index (χ4v) is 2.31. The van der Waals surface area contributed by atoms with E-state index < -0.39 is 16.7 Å². The fourth-order valence-electron chi connectivity index (χ4n) is 2.17. The van der Waals surface area contributed by atoms with Crippen LogP contribution in [-0.4, -0.2) is 27.8 Å². The molecule has 2 aromatic carbocycles. The zero-order chi connectivity index (χ0) is 21.4. The number of benzene rings is 2. The first-order valence-corrected chi connectivity index (χ1v) is 8.77. The normalized spacial score (nSPS) is 9.83. The van der Waals surface area contributed by atoms with E-state index in [-0.39, 0.29) is 27.8 Å². The number of nitro benzene ring substituents is 1. The Labute approximate surface area is 170 Å². The van der Waals surface area contributed by atoms with Gasteiger partial charge in [0.1, 0.15) is 5.56 Å². The summed E-state index contributed by atoms with van der Waals surface area (Å²) in [4.78, 5) is 45.9. The van der Waals surface area contributed by atoms with E-state index in [9.17, 15) is 24.5 Å². The van der Waals surface area contributed by atoms with Gasteiger partial charge >= 0.3 is 0 Å². The second-order valence-electron chi connectivity index (χ2n) is 5.62. The molecule has 150 valence electrons. The summed E-state index contributed by atoms with van der Waals surface area (Å²) in [6.07, 6.45) is 0.335. The third-order valence-corrected chi connectivity index (χ3v) is 3.82. The number of hydrogen-bond donors (Lipinski definition) is 4. The summed E-state index contributed by atoms with van der Waals surface area (Å²) in [5.74, 6) is -1.48. The van der Waals surface area contributed by atoms with E-state index in [0.717, 1.165) is 0 Å². The van der Waals surface area contributed by atoms with E-state index in [1.165, 1.54) is 36.4 Å². The lowest BCUT2D eigenvalue weighted by Crippen LogP contribution is -2.48. The van der Waals surface area contributed by atoms with Crippen molar-refractivity contribution in [1.82, 2.24) is 16.2 Å². The van der Waals surface area contributed by atoms with Gasteiger partial charge in [0.2, 0.25) is 5.91 Å². The van der Waals surface area contributed by atoms with E-state index in [1.54, 1.807) is 19.1 Å². The first-order valence-electron chi connectivity index (χ1n) is 8.36. The van der Waals surface area contributed by atoms with Crippen molar-refractivity contribution in [3.8, 4) is 0 Å². The minimum atomic E-state index is -0.792. The number of para-hydroxylation sites is 1. The van der Waals surface area contributed by atoms with Crippen molar-refractivity contribution in [3.05, 3.63) is 69.8 Å². The molecule has 0 fully saturated rings. The van der Waals surface area contributed by atoms with Crippen LogP contribution in [-0.2, 0) is 4.79 Å². The predicted octanol–water partition coefficient (Wildman–Crippen LogP) is 1.89. The topological polar surface area (TPSA) is 142 Å². The highest BCUT2D eigenvalue weighted by atomic mass is 32.1. The molecule has 0 aliphatic rings. The second-order valence-corrected chi connectivity index (χ2v) is 6.02. The number of hydrazine groups is 1. The number of amides is 3. The minimum absolute atomic E-state index is 0.149. The van der Waals surface area contributed by atoms with E-state index in [2.05, 4.69) is 21.5 Å². The number of nitrogens with zero attached hydrogens (tertiary/aromatic N) is 1. The molecule has 29 heavy (non-hydrogen) atoms. The monoisotopic (exact) mass is 415 g/mol. The van der Waals surface area contributed by atoms with Gasteiger partial charge in [0, 0.05) is 23.7 Å². The van der Waals surface area contributed by atoms with Crippen LogP contribution in [0.1, 0.15) is 34.1 Å². The van der Waals surface area contributed by atoms with Crippen LogP contribution in [0.3, 0.4) is 0 Å². The average Bonchev–Trinajstić information content (AvgIpc) is 2.72. The molecule has 0 saturated heterocycles. The molecule has 0 aliphatic carbocycles. The second kappa shape index (κ2) is 9.90. The molecule has 0 bridgehead atoms. The molecule has 0 spiro atoms. The molecule has 2 rings (SSSR count). The zero-order valence-corrected chi connectivity index (χ0v) is 16.0. The van der Waals surface area contributed by atoms with E-state index in [4.69, 9.17) is 12.2 Å². The van der Waals surface area contributed by atoms with Crippen LogP contribution in [0.15, 0.2) is 48.5 Å². The molecule has 0 unspecified atom stereocenters. The number of nitrogens with one attached hydrogen (secondary N) is 4. The summed E-state index contributed by atoms with van der Waals surface area (Å²) < 4.78 is 0. The Morgan fingerprint density at radius 2 is 1.66 bits per heavy atom. The van der Waals surface area contributed by atoms with Crippen LogP contribution in [0.25, 0.3) is 0 Å². The van der Waals surface area contributed by atoms with Crippen LogP contribution < -0.4 is 21.5 Å².